The third-order valence-corrected chi connectivity index (χ3v) is 6.35. The van der Waals surface area contributed by atoms with Gasteiger partial charge in [-0.2, -0.15) is 13.2 Å². The lowest BCUT2D eigenvalue weighted by molar-refractivity contribution is -0.142. The number of carbonyl (C=O) groups is 2. The molecule has 0 radical (unpaired) electrons. The van der Waals surface area contributed by atoms with Crippen LogP contribution in [0.25, 0.3) is 0 Å². The molecule has 0 fully saturated rings. The molecule has 1 aromatic carbocycles. The number of aryl methyl sites for hydroxylation is 1. The number of nitrogens with one attached hydrogen (secondary N) is 2. The molecule has 2 atom stereocenters. The van der Waals surface area contributed by atoms with Crippen molar-refractivity contribution in [1.82, 2.24) is 10.3 Å². The number of aromatic amines is 1. The highest BCUT2D eigenvalue weighted by molar-refractivity contribution is 9.10. The van der Waals surface area contributed by atoms with Crippen LogP contribution in [0.1, 0.15) is 80.2 Å². The number of H-pyrrole nitrogens is 1. The summed E-state index contributed by atoms with van der Waals surface area (Å²) in [4.78, 5) is 41.9. The zero-order valence-electron chi connectivity index (χ0n) is 20.7. The number of benzene rings is 1. The Morgan fingerprint density at radius 1 is 1.22 bits per heavy atom. The van der Waals surface area contributed by atoms with E-state index in [1.54, 1.807) is 36.7 Å². The predicted octanol–water partition coefficient (Wildman–Crippen LogP) is 6.25. The van der Waals surface area contributed by atoms with Crippen molar-refractivity contribution in [1.29, 1.82) is 0 Å². The van der Waals surface area contributed by atoms with Crippen molar-refractivity contribution in [2.45, 2.75) is 77.7 Å². The Kier molecular flexibility index (Phi) is 7.92. The molecule has 196 valence electrons. The summed E-state index contributed by atoms with van der Waals surface area (Å²) in [5.74, 6) is -0.816. The van der Waals surface area contributed by atoms with Gasteiger partial charge in [-0.25, -0.2) is 4.79 Å². The maximum absolute atomic E-state index is 13.2. The second kappa shape index (κ2) is 10.3. The normalized spacial score (nSPS) is 18.0. The van der Waals surface area contributed by atoms with E-state index in [1.165, 1.54) is 0 Å². The van der Waals surface area contributed by atoms with Gasteiger partial charge in [0.2, 0.25) is 0 Å². The van der Waals surface area contributed by atoms with Crippen molar-refractivity contribution in [3.8, 4) is 0 Å². The van der Waals surface area contributed by atoms with Gasteiger partial charge < -0.3 is 15.0 Å². The maximum Gasteiger partial charge on any atom is 0.432 e. The van der Waals surface area contributed by atoms with Gasteiger partial charge >= 0.3 is 12.3 Å². The molecule has 0 bridgehead atoms. The van der Waals surface area contributed by atoms with Crippen LogP contribution in [-0.2, 0) is 10.9 Å². The lowest BCUT2D eigenvalue weighted by Crippen LogP contribution is -2.49. The number of rotatable bonds is 4. The van der Waals surface area contributed by atoms with E-state index >= 15 is 0 Å². The van der Waals surface area contributed by atoms with Gasteiger partial charge in [-0.3, -0.25) is 14.5 Å². The number of carbonyl (C=O) groups excluding carboxylic acids is 2. The van der Waals surface area contributed by atoms with Gasteiger partial charge in [-0.15, -0.1) is 0 Å². The Hall–Kier alpha value is -2.82. The van der Waals surface area contributed by atoms with E-state index in [2.05, 4.69) is 21.2 Å². The van der Waals surface area contributed by atoms with Crippen molar-refractivity contribution in [3.05, 3.63) is 61.5 Å². The highest BCUT2D eigenvalue weighted by Crippen LogP contribution is 2.40. The van der Waals surface area contributed by atoms with Crippen LogP contribution in [0.15, 0.2) is 33.5 Å². The average molecular weight is 572 g/mol. The number of hydrogen-bond donors (Lipinski definition) is 2. The first kappa shape index (κ1) is 27.8. The summed E-state index contributed by atoms with van der Waals surface area (Å²) in [6.07, 6.45) is -3.55. The van der Waals surface area contributed by atoms with Gasteiger partial charge in [-0.05, 0) is 74.2 Å². The molecule has 0 saturated carbocycles. The zero-order valence-corrected chi connectivity index (χ0v) is 22.3. The number of pyridine rings is 1. The molecule has 1 aromatic heterocycles. The molecule has 1 aliphatic rings. The fraction of sp³-hybridized carbons (Fsp3) is 0.480. The molecular formula is C25H29BrF3N3O4. The van der Waals surface area contributed by atoms with Crippen LogP contribution >= 0.6 is 15.9 Å². The van der Waals surface area contributed by atoms with Gasteiger partial charge in [0.15, 0.2) is 0 Å². The minimum absolute atomic E-state index is 0.303. The van der Waals surface area contributed by atoms with Crippen LogP contribution in [0.2, 0.25) is 0 Å². The second-order valence-corrected chi connectivity index (χ2v) is 10.7. The van der Waals surface area contributed by atoms with Crippen molar-refractivity contribution >= 4 is 33.6 Å². The number of aromatic nitrogens is 1. The Bertz CT molecular complexity index is 1220. The largest absolute Gasteiger partial charge is 0.443 e. The van der Waals surface area contributed by atoms with E-state index in [1.807, 2.05) is 26.0 Å². The average Bonchev–Trinajstić information content (AvgIpc) is 2.73. The summed E-state index contributed by atoms with van der Waals surface area (Å²) < 4.78 is 44.6. The van der Waals surface area contributed by atoms with Gasteiger partial charge in [0.25, 0.3) is 11.5 Å². The molecule has 1 unspecified atom stereocenters. The van der Waals surface area contributed by atoms with Crippen LogP contribution in [0.3, 0.4) is 0 Å². The molecule has 0 aliphatic carbocycles. The van der Waals surface area contributed by atoms with E-state index in [4.69, 9.17) is 4.74 Å². The quantitative estimate of drug-likeness (QED) is 0.453. The first-order valence-corrected chi connectivity index (χ1v) is 12.3. The summed E-state index contributed by atoms with van der Waals surface area (Å²) in [6.45, 7) is 9.19. The molecular weight excluding hydrogens is 543 g/mol. The highest BCUT2D eigenvalue weighted by atomic mass is 79.9. The third kappa shape index (κ3) is 6.11. The fourth-order valence-electron chi connectivity index (χ4n) is 4.26. The van der Waals surface area contributed by atoms with E-state index in [0.717, 1.165) is 18.1 Å². The highest BCUT2D eigenvalue weighted by Gasteiger charge is 2.39. The Morgan fingerprint density at radius 3 is 2.47 bits per heavy atom. The molecule has 2 aromatic rings. The number of anilines is 1. The Labute approximate surface area is 215 Å². The number of nitrogens with zero attached hydrogens (tertiary/aromatic N) is 1. The number of hydrogen-bond acceptors (Lipinski definition) is 4. The van der Waals surface area contributed by atoms with Crippen LogP contribution in [0.4, 0.5) is 23.7 Å². The summed E-state index contributed by atoms with van der Waals surface area (Å²) in [5.41, 5.74) is -1.45. The molecule has 0 saturated heterocycles. The first-order chi connectivity index (χ1) is 16.6. The molecule has 7 nitrogen and oxygen atoms in total. The van der Waals surface area contributed by atoms with Crippen LogP contribution in [0, 0.1) is 6.92 Å². The topological polar surface area (TPSA) is 91.5 Å². The molecule has 3 rings (SSSR count). The summed E-state index contributed by atoms with van der Waals surface area (Å²) in [7, 11) is 0. The number of ether oxygens (including phenoxy) is 1. The Balaban J connectivity index is 2.00. The van der Waals surface area contributed by atoms with Crippen molar-refractivity contribution in [2.75, 3.05) is 4.90 Å². The summed E-state index contributed by atoms with van der Waals surface area (Å²) in [6, 6.07) is 5.46. The minimum Gasteiger partial charge on any atom is -0.443 e. The molecule has 11 heteroatoms. The zero-order chi connectivity index (χ0) is 27.0. The lowest BCUT2D eigenvalue weighted by Gasteiger charge is -2.41. The monoisotopic (exact) mass is 571 g/mol. The SMILES string of the molecule is CCC[C@H]1CC(NC(=O)c2cc(Br)c(C(F)(F)F)[nH]c2=O)c2cc(C)ccc2N1C(=O)OC(C)(C)C. The molecule has 1 aliphatic heterocycles. The van der Waals surface area contributed by atoms with Gasteiger partial charge in [0, 0.05) is 10.5 Å². The van der Waals surface area contributed by atoms with Crippen LogP contribution < -0.4 is 15.8 Å². The van der Waals surface area contributed by atoms with Gasteiger partial charge in [0.1, 0.15) is 16.9 Å². The Morgan fingerprint density at radius 2 is 1.89 bits per heavy atom. The number of halogens is 4. The molecule has 2 N–H and O–H groups in total. The molecule has 2 amide bonds. The van der Waals surface area contributed by atoms with Crippen molar-refractivity contribution < 1.29 is 27.5 Å². The minimum atomic E-state index is -4.79. The van der Waals surface area contributed by atoms with E-state index in [-0.39, 0.29) is 6.04 Å². The third-order valence-electron chi connectivity index (χ3n) is 5.73. The number of fused-ring (bicyclic) bond motifs is 1. The van der Waals surface area contributed by atoms with Crippen LogP contribution in [0.5, 0.6) is 0 Å². The predicted molar refractivity (Wildman–Crippen MR) is 133 cm³/mol. The van der Waals surface area contributed by atoms with Crippen molar-refractivity contribution in [2.24, 2.45) is 0 Å². The summed E-state index contributed by atoms with van der Waals surface area (Å²) in [5, 5.41) is 2.80. The molecule has 36 heavy (non-hydrogen) atoms. The maximum atomic E-state index is 13.2. The molecule has 2 heterocycles. The summed E-state index contributed by atoms with van der Waals surface area (Å²) >= 11 is 2.80. The first-order valence-electron chi connectivity index (χ1n) is 11.6. The standard InChI is InChI=1S/C25H29BrF3N3O4/c1-6-7-14-11-18(30-21(33)16-12-17(26)20(25(27,28)29)31-22(16)34)15-10-13(2)8-9-19(15)32(14)23(35)36-24(3,4)5/h8-10,12,14,18H,6-7,11H2,1-5H3,(H,30,33)(H,31,34)/t14-,18?/m0/s1. The van der Waals surface area contributed by atoms with E-state index in [0.29, 0.717) is 24.1 Å². The van der Waals surface area contributed by atoms with E-state index < -0.39 is 51.1 Å². The fourth-order valence-corrected chi connectivity index (χ4v) is 4.82. The molecule has 0 spiro atoms. The number of alkyl halides is 3. The lowest BCUT2D eigenvalue weighted by atomic mass is 9.88. The van der Waals surface area contributed by atoms with Gasteiger partial charge in [0.05, 0.1) is 11.7 Å². The van der Waals surface area contributed by atoms with Gasteiger partial charge in [-0.1, -0.05) is 31.0 Å². The van der Waals surface area contributed by atoms with Crippen LogP contribution in [-0.4, -0.2) is 28.6 Å². The van der Waals surface area contributed by atoms with E-state index in [9.17, 15) is 27.6 Å². The second-order valence-electron chi connectivity index (χ2n) is 9.85. The van der Waals surface area contributed by atoms with Crippen molar-refractivity contribution in [3.63, 3.8) is 0 Å². The number of amides is 2. The smallest absolute Gasteiger partial charge is 0.432 e.